The molecule has 0 heterocycles. The minimum atomic E-state index is -1.08. The zero-order valence-electron chi connectivity index (χ0n) is 15.5. The van der Waals surface area contributed by atoms with Crippen LogP contribution in [-0.2, 0) is 14.3 Å². The van der Waals surface area contributed by atoms with Crippen LogP contribution in [0.3, 0.4) is 0 Å². The molecule has 0 aromatic heterocycles. The summed E-state index contributed by atoms with van der Waals surface area (Å²) in [6.45, 7) is -0.520. The fourth-order valence-electron chi connectivity index (χ4n) is 2.94. The number of hydrogen-bond donors (Lipinski definition) is 1. The molecule has 3 aromatic rings. The van der Waals surface area contributed by atoms with Gasteiger partial charge in [0.2, 0.25) is 0 Å². The molecule has 0 radical (unpaired) electrons. The van der Waals surface area contributed by atoms with Crippen LogP contribution in [-0.4, -0.2) is 18.5 Å². The van der Waals surface area contributed by atoms with Crippen LogP contribution >= 0.6 is 0 Å². The van der Waals surface area contributed by atoms with Crippen LogP contribution in [0.4, 0.5) is 14.5 Å². The second kappa shape index (κ2) is 9.59. The Morgan fingerprint density at radius 3 is 1.97 bits per heavy atom. The van der Waals surface area contributed by atoms with Crippen molar-refractivity contribution in [2.75, 3.05) is 11.9 Å². The summed E-state index contributed by atoms with van der Waals surface area (Å²) in [5, 5.41) is 2.36. The Labute approximate surface area is 167 Å². The highest BCUT2D eigenvalue weighted by Gasteiger charge is 2.19. The molecule has 0 bridgehead atoms. The first kappa shape index (κ1) is 20.2. The van der Waals surface area contributed by atoms with Crippen LogP contribution in [0.25, 0.3) is 0 Å². The van der Waals surface area contributed by atoms with E-state index in [1.807, 2.05) is 60.7 Å². The Morgan fingerprint density at radius 2 is 1.41 bits per heavy atom. The molecule has 1 N–H and O–H groups in total. The number of hydrogen-bond acceptors (Lipinski definition) is 3. The van der Waals surface area contributed by atoms with Crippen LogP contribution in [0.1, 0.15) is 23.5 Å². The molecule has 3 rings (SSSR count). The molecule has 0 aliphatic heterocycles. The van der Waals surface area contributed by atoms with E-state index in [-0.39, 0.29) is 18.0 Å². The van der Waals surface area contributed by atoms with Crippen molar-refractivity contribution in [3.63, 3.8) is 0 Å². The van der Waals surface area contributed by atoms with Gasteiger partial charge in [-0.3, -0.25) is 9.59 Å². The molecule has 0 unspecified atom stereocenters. The monoisotopic (exact) mass is 395 g/mol. The van der Waals surface area contributed by atoms with E-state index in [0.717, 1.165) is 23.3 Å². The van der Waals surface area contributed by atoms with E-state index in [2.05, 4.69) is 5.32 Å². The molecular formula is C23H19F2NO3. The first-order chi connectivity index (χ1) is 14.0. The van der Waals surface area contributed by atoms with E-state index >= 15 is 0 Å². The zero-order valence-corrected chi connectivity index (χ0v) is 15.5. The van der Waals surface area contributed by atoms with E-state index in [1.165, 1.54) is 6.07 Å². The maximum absolute atomic E-state index is 13.2. The lowest BCUT2D eigenvalue weighted by molar-refractivity contribution is -0.147. The fourth-order valence-corrected chi connectivity index (χ4v) is 2.94. The summed E-state index contributed by atoms with van der Waals surface area (Å²) in [6.07, 6.45) is 0.0620. The average molecular weight is 395 g/mol. The molecule has 148 valence electrons. The number of carbonyl (C=O) groups is 2. The lowest BCUT2D eigenvalue weighted by Crippen LogP contribution is -2.22. The van der Waals surface area contributed by atoms with Gasteiger partial charge >= 0.3 is 5.97 Å². The van der Waals surface area contributed by atoms with Crippen LogP contribution in [0.2, 0.25) is 0 Å². The number of esters is 1. The third-order valence-electron chi connectivity index (χ3n) is 4.34. The summed E-state index contributed by atoms with van der Waals surface area (Å²) in [5.74, 6) is -3.47. The van der Waals surface area contributed by atoms with Crippen molar-refractivity contribution in [2.45, 2.75) is 12.3 Å². The summed E-state index contributed by atoms with van der Waals surface area (Å²) >= 11 is 0. The van der Waals surface area contributed by atoms with E-state index in [0.29, 0.717) is 0 Å². The Bertz CT molecular complexity index is 938. The van der Waals surface area contributed by atoms with E-state index < -0.39 is 30.1 Å². The third kappa shape index (κ3) is 5.72. The molecule has 0 spiro atoms. The van der Waals surface area contributed by atoms with Crippen molar-refractivity contribution >= 4 is 17.6 Å². The van der Waals surface area contributed by atoms with Crippen LogP contribution < -0.4 is 5.32 Å². The van der Waals surface area contributed by atoms with Crippen molar-refractivity contribution in [3.8, 4) is 0 Å². The number of anilines is 1. The first-order valence-electron chi connectivity index (χ1n) is 9.03. The molecule has 0 aliphatic rings. The summed E-state index contributed by atoms with van der Waals surface area (Å²) < 4.78 is 31.2. The van der Waals surface area contributed by atoms with Crippen molar-refractivity contribution in [3.05, 3.63) is 102 Å². The van der Waals surface area contributed by atoms with Gasteiger partial charge in [0.05, 0.1) is 6.42 Å². The quantitative estimate of drug-likeness (QED) is 0.592. The number of ether oxygens (including phenoxy) is 1. The molecule has 6 heteroatoms. The Hall–Kier alpha value is -3.54. The molecule has 4 nitrogen and oxygen atoms in total. The van der Waals surface area contributed by atoms with E-state index in [4.69, 9.17) is 4.74 Å². The van der Waals surface area contributed by atoms with Crippen LogP contribution in [0, 0.1) is 11.6 Å². The fraction of sp³-hybridized carbons (Fsp3) is 0.130. The highest BCUT2D eigenvalue weighted by atomic mass is 19.2. The Morgan fingerprint density at radius 1 is 0.828 bits per heavy atom. The van der Waals surface area contributed by atoms with Crippen molar-refractivity contribution in [1.82, 2.24) is 0 Å². The standard InChI is InChI=1S/C23H19F2NO3/c24-20-12-11-18(13-21(20)25)26-22(27)15-29-23(28)14-19(16-7-3-1-4-8-16)17-9-5-2-6-10-17/h1-13,19H,14-15H2,(H,26,27). The van der Waals surface area contributed by atoms with Gasteiger partial charge in [0.1, 0.15) is 0 Å². The SMILES string of the molecule is O=C(COC(=O)CC(c1ccccc1)c1ccccc1)Nc1ccc(F)c(F)c1. The number of rotatable bonds is 7. The maximum Gasteiger partial charge on any atom is 0.307 e. The van der Waals surface area contributed by atoms with Gasteiger partial charge in [0.25, 0.3) is 5.91 Å². The van der Waals surface area contributed by atoms with Gasteiger partial charge in [-0.25, -0.2) is 8.78 Å². The van der Waals surface area contributed by atoms with Gasteiger partial charge in [-0.2, -0.15) is 0 Å². The molecule has 0 saturated carbocycles. The Kier molecular flexibility index (Phi) is 6.68. The number of halogens is 2. The lowest BCUT2D eigenvalue weighted by Gasteiger charge is -2.17. The van der Waals surface area contributed by atoms with Crippen LogP contribution in [0.5, 0.6) is 0 Å². The minimum Gasteiger partial charge on any atom is -0.456 e. The molecule has 29 heavy (non-hydrogen) atoms. The topological polar surface area (TPSA) is 55.4 Å². The summed E-state index contributed by atoms with van der Waals surface area (Å²) in [7, 11) is 0. The number of carbonyl (C=O) groups excluding carboxylic acids is 2. The van der Waals surface area contributed by atoms with Gasteiger partial charge in [0.15, 0.2) is 18.2 Å². The largest absolute Gasteiger partial charge is 0.456 e. The second-order valence-corrected chi connectivity index (χ2v) is 6.42. The van der Waals surface area contributed by atoms with Gasteiger partial charge in [-0.1, -0.05) is 60.7 Å². The Balaban J connectivity index is 1.60. The van der Waals surface area contributed by atoms with Crippen molar-refractivity contribution in [2.24, 2.45) is 0 Å². The zero-order chi connectivity index (χ0) is 20.6. The number of benzene rings is 3. The second-order valence-electron chi connectivity index (χ2n) is 6.42. The predicted octanol–water partition coefficient (Wildman–Crippen LogP) is 4.67. The molecule has 0 atom stereocenters. The molecule has 1 amide bonds. The highest BCUT2D eigenvalue weighted by Crippen LogP contribution is 2.28. The van der Waals surface area contributed by atoms with E-state index in [1.54, 1.807) is 0 Å². The molecule has 0 saturated heterocycles. The molecule has 0 fully saturated rings. The summed E-state index contributed by atoms with van der Waals surface area (Å²) in [6, 6.07) is 22.1. The van der Waals surface area contributed by atoms with Crippen LogP contribution in [0.15, 0.2) is 78.9 Å². The van der Waals surface area contributed by atoms with Gasteiger partial charge in [-0.15, -0.1) is 0 Å². The van der Waals surface area contributed by atoms with Crippen molar-refractivity contribution < 1.29 is 23.1 Å². The predicted molar refractivity (Wildman–Crippen MR) is 105 cm³/mol. The smallest absolute Gasteiger partial charge is 0.307 e. The van der Waals surface area contributed by atoms with Gasteiger partial charge < -0.3 is 10.1 Å². The minimum absolute atomic E-state index is 0.0620. The molecule has 0 aliphatic carbocycles. The number of amides is 1. The van der Waals surface area contributed by atoms with E-state index in [9.17, 15) is 18.4 Å². The molecular weight excluding hydrogens is 376 g/mol. The third-order valence-corrected chi connectivity index (χ3v) is 4.34. The number of nitrogens with one attached hydrogen (secondary N) is 1. The maximum atomic E-state index is 13.2. The van der Waals surface area contributed by atoms with Gasteiger partial charge in [-0.05, 0) is 23.3 Å². The first-order valence-corrected chi connectivity index (χ1v) is 9.03. The lowest BCUT2D eigenvalue weighted by atomic mass is 9.89. The van der Waals surface area contributed by atoms with Crippen molar-refractivity contribution in [1.29, 1.82) is 0 Å². The summed E-state index contributed by atoms with van der Waals surface area (Å²) in [4.78, 5) is 24.3. The summed E-state index contributed by atoms with van der Waals surface area (Å²) in [5.41, 5.74) is 2.00. The normalized spacial score (nSPS) is 10.6. The highest BCUT2D eigenvalue weighted by molar-refractivity contribution is 5.92. The average Bonchev–Trinajstić information content (AvgIpc) is 2.74. The van der Waals surface area contributed by atoms with Gasteiger partial charge in [0, 0.05) is 17.7 Å². The molecule has 3 aromatic carbocycles.